The summed E-state index contributed by atoms with van der Waals surface area (Å²) in [5.74, 6) is 1.42. The molecule has 0 fully saturated rings. The summed E-state index contributed by atoms with van der Waals surface area (Å²) in [6.45, 7) is 0.425. The van der Waals surface area contributed by atoms with Gasteiger partial charge in [-0.15, -0.1) is 10.2 Å². The van der Waals surface area contributed by atoms with Gasteiger partial charge in [-0.25, -0.2) is 0 Å². The Hall–Kier alpha value is -3.20. The second kappa shape index (κ2) is 11.3. The Morgan fingerprint density at radius 3 is 2.44 bits per heavy atom. The van der Waals surface area contributed by atoms with E-state index < -0.39 is 0 Å². The molecule has 0 radical (unpaired) electrons. The molecule has 0 saturated heterocycles. The topological polar surface area (TPSA) is 81.1 Å². The van der Waals surface area contributed by atoms with Gasteiger partial charge in [0.1, 0.15) is 5.75 Å². The first kappa shape index (κ1) is 23.9. The van der Waals surface area contributed by atoms with Crippen molar-refractivity contribution >= 4 is 52.2 Å². The molecular formula is C24H21Cl2N5O2S. The second-order valence-electron chi connectivity index (χ2n) is 7.11. The molecule has 0 atom stereocenters. The number of thioether (sulfide) groups is 1. The zero-order valence-electron chi connectivity index (χ0n) is 18.2. The lowest BCUT2D eigenvalue weighted by molar-refractivity contribution is -0.113. The van der Waals surface area contributed by atoms with Crippen LogP contribution < -0.4 is 15.4 Å². The van der Waals surface area contributed by atoms with E-state index in [0.717, 1.165) is 17.1 Å². The zero-order chi connectivity index (χ0) is 23.9. The van der Waals surface area contributed by atoms with E-state index in [0.29, 0.717) is 33.3 Å². The number of anilines is 2. The van der Waals surface area contributed by atoms with Crippen LogP contribution in [0.2, 0.25) is 10.0 Å². The van der Waals surface area contributed by atoms with Crippen LogP contribution in [0.25, 0.3) is 5.69 Å². The molecule has 34 heavy (non-hydrogen) atoms. The molecule has 4 rings (SSSR count). The van der Waals surface area contributed by atoms with Gasteiger partial charge in [0.15, 0.2) is 11.0 Å². The van der Waals surface area contributed by atoms with Gasteiger partial charge < -0.3 is 15.4 Å². The van der Waals surface area contributed by atoms with Crippen LogP contribution in [0.3, 0.4) is 0 Å². The van der Waals surface area contributed by atoms with E-state index in [1.54, 1.807) is 31.4 Å². The van der Waals surface area contributed by atoms with Gasteiger partial charge in [-0.2, -0.15) is 0 Å². The molecule has 0 spiro atoms. The van der Waals surface area contributed by atoms with Crippen molar-refractivity contribution in [2.45, 2.75) is 11.7 Å². The van der Waals surface area contributed by atoms with E-state index in [1.807, 2.05) is 53.1 Å². The van der Waals surface area contributed by atoms with E-state index in [-0.39, 0.29) is 11.7 Å². The lowest BCUT2D eigenvalue weighted by Gasteiger charge is -2.12. The van der Waals surface area contributed by atoms with Crippen LogP contribution in [0.4, 0.5) is 11.4 Å². The summed E-state index contributed by atoms with van der Waals surface area (Å²) in [7, 11) is 1.63. The number of methoxy groups -OCH3 is 1. The number of carbonyl (C=O) groups is 1. The summed E-state index contributed by atoms with van der Waals surface area (Å²) in [5.41, 5.74) is 2.33. The number of amides is 1. The molecule has 0 bridgehead atoms. The van der Waals surface area contributed by atoms with Gasteiger partial charge >= 0.3 is 0 Å². The second-order valence-corrected chi connectivity index (χ2v) is 8.90. The highest BCUT2D eigenvalue weighted by molar-refractivity contribution is 7.99. The number of hydrogen-bond donors (Lipinski definition) is 2. The van der Waals surface area contributed by atoms with Gasteiger partial charge in [0.05, 0.1) is 30.1 Å². The van der Waals surface area contributed by atoms with Crippen molar-refractivity contribution in [2.75, 3.05) is 23.5 Å². The van der Waals surface area contributed by atoms with Crippen LogP contribution >= 0.6 is 35.0 Å². The van der Waals surface area contributed by atoms with E-state index in [1.165, 1.54) is 11.8 Å². The number of rotatable bonds is 9. The Morgan fingerprint density at radius 2 is 1.74 bits per heavy atom. The predicted octanol–water partition coefficient (Wildman–Crippen LogP) is 5.93. The number of hydrogen-bond acceptors (Lipinski definition) is 6. The number of halogens is 2. The molecule has 2 N–H and O–H groups in total. The molecule has 0 aliphatic rings. The summed E-state index contributed by atoms with van der Waals surface area (Å²) >= 11 is 13.5. The minimum absolute atomic E-state index is 0.142. The molecule has 1 heterocycles. The average molecular weight is 514 g/mol. The van der Waals surface area contributed by atoms with Crippen LogP contribution in [0.1, 0.15) is 5.82 Å². The molecule has 0 aliphatic heterocycles. The van der Waals surface area contributed by atoms with Gasteiger partial charge in [0.2, 0.25) is 5.91 Å². The van der Waals surface area contributed by atoms with Gasteiger partial charge in [0, 0.05) is 16.4 Å². The molecule has 1 aromatic heterocycles. The van der Waals surface area contributed by atoms with Crippen molar-refractivity contribution in [1.82, 2.24) is 14.8 Å². The Balaban J connectivity index is 1.50. The van der Waals surface area contributed by atoms with Crippen molar-refractivity contribution in [3.63, 3.8) is 0 Å². The Kier molecular flexibility index (Phi) is 7.95. The van der Waals surface area contributed by atoms with Gasteiger partial charge in [0.25, 0.3) is 0 Å². The predicted molar refractivity (Wildman–Crippen MR) is 137 cm³/mol. The fourth-order valence-electron chi connectivity index (χ4n) is 3.13. The molecule has 4 aromatic rings. The normalized spacial score (nSPS) is 10.7. The first-order valence-corrected chi connectivity index (χ1v) is 12.0. The number of para-hydroxylation sites is 1. The zero-order valence-corrected chi connectivity index (χ0v) is 20.5. The summed E-state index contributed by atoms with van der Waals surface area (Å²) < 4.78 is 7.11. The smallest absolute Gasteiger partial charge is 0.234 e. The standard InChI is InChI=1S/C24H21Cl2N5O2S/c1-33-19-12-8-17(9-13-19)27-14-22-29-30-24(31(22)18-10-6-16(25)7-11-18)34-15-23(32)28-21-5-3-2-4-20(21)26/h2-13,27H,14-15H2,1H3,(H,28,32). The Labute approximate surface area is 211 Å². The summed E-state index contributed by atoms with van der Waals surface area (Å²) in [4.78, 5) is 12.5. The highest BCUT2D eigenvalue weighted by atomic mass is 35.5. The maximum absolute atomic E-state index is 12.5. The van der Waals surface area contributed by atoms with Crippen LogP contribution in [-0.2, 0) is 11.3 Å². The molecule has 10 heteroatoms. The number of ether oxygens (including phenoxy) is 1. The minimum Gasteiger partial charge on any atom is -0.497 e. The monoisotopic (exact) mass is 513 g/mol. The van der Waals surface area contributed by atoms with Crippen molar-refractivity contribution in [3.8, 4) is 11.4 Å². The van der Waals surface area contributed by atoms with Crippen LogP contribution in [0.15, 0.2) is 78.0 Å². The van der Waals surface area contributed by atoms with Gasteiger partial charge in [-0.3, -0.25) is 9.36 Å². The molecule has 7 nitrogen and oxygen atoms in total. The number of nitrogens with one attached hydrogen (secondary N) is 2. The highest BCUT2D eigenvalue weighted by Gasteiger charge is 2.16. The van der Waals surface area contributed by atoms with Gasteiger partial charge in [-0.1, -0.05) is 47.1 Å². The largest absolute Gasteiger partial charge is 0.497 e. The fraction of sp³-hybridized carbons (Fsp3) is 0.125. The van der Waals surface area contributed by atoms with Crippen molar-refractivity contribution in [3.05, 3.63) is 88.7 Å². The summed E-state index contributed by atoms with van der Waals surface area (Å²) in [6, 6.07) is 22.1. The number of nitrogens with zero attached hydrogens (tertiary/aromatic N) is 3. The van der Waals surface area contributed by atoms with E-state index >= 15 is 0 Å². The molecular weight excluding hydrogens is 493 g/mol. The Bertz CT molecular complexity index is 1260. The third kappa shape index (κ3) is 6.02. The molecule has 174 valence electrons. The minimum atomic E-state index is -0.193. The third-order valence-electron chi connectivity index (χ3n) is 4.81. The molecule has 3 aromatic carbocycles. The van der Waals surface area contributed by atoms with Crippen LogP contribution in [0, 0.1) is 0 Å². The van der Waals surface area contributed by atoms with E-state index in [4.69, 9.17) is 27.9 Å². The van der Waals surface area contributed by atoms with Crippen LogP contribution in [0.5, 0.6) is 5.75 Å². The lowest BCUT2D eigenvalue weighted by Crippen LogP contribution is -2.15. The fourth-order valence-corrected chi connectivity index (χ4v) is 4.21. The quantitative estimate of drug-likeness (QED) is 0.270. The molecule has 1 amide bonds. The Morgan fingerprint density at radius 1 is 1.00 bits per heavy atom. The third-order valence-corrected chi connectivity index (χ3v) is 6.32. The van der Waals surface area contributed by atoms with Crippen LogP contribution in [-0.4, -0.2) is 33.5 Å². The van der Waals surface area contributed by atoms with Crippen molar-refractivity contribution in [1.29, 1.82) is 0 Å². The lowest BCUT2D eigenvalue weighted by atomic mass is 10.3. The number of aromatic nitrogens is 3. The van der Waals surface area contributed by atoms with E-state index in [2.05, 4.69) is 20.8 Å². The van der Waals surface area contributed by atoms with Gasteiger partial charge in [-0.05, 0) is 60.7 Å². The molecule has 0 saturated carbocycles. The van der Waals surface area contributed by atoms with E-state index in [9.17, 15) is 4.79 Å². The summed E-state index contributed by atoms with van der Waals surface area (Å²) in [5, 5.41) is 16.5. The maximum Gasteiger partial charge on any atom is 0.234 e. The maximum atomic E-state index is 12.5. The first-order chi connectivity index (χ1) is 16.5. The van der Waals surface area contributed by atoms with Crippen molar-refractivity contribution in [2.24, 2.45) is 0 Å². The highest BCUT2D eigenvalue weighted by Crippen LogP contribution is 2.25. The SMILES string of the molecule is COc1ccc(NCc2nnc(SCC(=O)Nc3ccccc3Cl)n2-c2ccc(Cl)cc2)cc1. The number of benzene rings is 3. The first-order valence-electron chi connectivity index (χ1n) is 10.3. The number of carbonyl (C=O) groups excluding carboxylic acids is 1. The summed E-state index contributed by atoms with van der Waals surface area (Å²) in [6.07, 6.45) is 0. The average Bonchev–Trinajstić information content (AvgIpc) is 3.26. The molecule has 0 aliphatic carbocycles. The van der Waals surface area contributed by atoms with Crippen molar-refractivity contribution < 1.29 is 9.53 Å². The molecule has 0 unspecified atom stereocenters.